The summed E-state index contributed by atoms with van der Waals surface area (Å²) in [6, 6.07) is 3.35. The van der Waals surface area contributed by atoms with Gasteiger partial charge in [-0.1, -0.05) is 9.97 Å². The third-order valence-corrected chi connectivity index (χ3v) is 5.70. The number of carbonyl (C=O) groups excluding carboxylic acids is 1. The summed E-state index contributed by atoms with van der Waals surface area (Å²) in [6.07, 6.45) is 6.05. The zero-order valence-electron chi connectivity index (χ0n) is 18.4. The number of halogens is 2. The average molecular weight is 466 g/mol. The van der Waals surface area contributed by atoms with E-state index in [4.69, 9.17) is 0 Å². The Morgan fingerprint density at radius 2 is 1.76 bits per heavy atom. The van der Waals surface area contributed by atoms with Gasteiger partial charge in [0.2, 0.25) is 0 Å². The van der Waals surface area contributed by atoms with Gasteiger partial charge in [0, 0.05) is 6.20 Å². The highest BCUT2D eigenvalue weighted by molar-refractivity contribution is 6.03. The molecule has 10 nitrogen and oxygen atoms in total. The second kappa shape index (κ2) is 9.04. The highest BCUT2D eigenvalue weighted by atomic mass is 19.1. The number of pyridine rings is 1. The molecule has 0 unspecified atom stereocenters. The van der Waals surface area contributed by atoms with Gasteiger partial charge in [-0.2, -0.15) is 0 Å². The lowest BCUT2D eigenvalue weighted by Crippen LogP contribution is -2.48. The molecule has 1 amide bonds. The van der Waals surface area contributed by atoms with E-state index in [-0.39, 0.29) is 5.91 Å². The molecule has 0 aliphatic carbocycles. The van der Waals surface area contributed by atoms with E-state index in [2.05, 4.69) is 30.2 Å². The summed E-state index contributed by atoms with van der Waals surface area (Å²) in [4.78, 5) is 37.4. The average Bonchev–Trinajstić information content (AvgIpc) is 2.83. The van der Waals surface area contributed by atoms with Crippen molar-refractivity contribution in [1.29, 1.82) is 0 Å². The first-order valence-corrected chi connectivity index (χ1v) is 10.8. The zero-order valence-corrected chi connectivity index (χ0v) is 18.4. The Morgan fingerprint density at radius 3 is 2.38 bits per heavy atom. The number of nitrogens with one attached hydrogen (secondary N) is 1. The van der Waals surface area contributed by atoms with Crippen molar-refractivity contribution in [2.45, 2.75) is 13.1 Å². The Balaban J connectivity index is 1.20. The summed E-state index contributed by atoms with van der Waals surface area (Å²) in [5, 5.41) is 2.71. The van der Waals surface area contributed by atoms with Gasteiger partial charge in [0.1, 0.15) is 30.2 Å². The van der Waals surface area contributed by atoms with Crippen LogP contribution in [0.5, 0.6) is 0 Å². The van der Waals surface area contributed by atoms with Crippen molar-refractivity contribution in [2.75, 3.05) is 47.8 Å². The van der Waals surface area contributed by atoms with Crippen LogP contribution < -0.4 is 15.1 Å². The number of anilines is 3. The number of hydrogen-bond donors (Lipinski definition) is 1. The third-order valence-electron chi connectivity index (χ3n) is 5.70. The van der Waals surface area contributed by atoms with E-state index in [9.17, 15) is 13.6 Å². The van der Waals surface area contributed by atoms with Crippen molar-refractivity contribution >= 4 is 35.0 Å². The molecule has 2 aliphatic rings. The minimum absolute atomic E-state index is 0.319. The highest BCUT2D eigenvalue weighted by Crippen LogP contribution is 2.21. The Bertz CT molecular complexity index is 1210. The first kappa shape index (κ1) is 21.7. The molecule has 1 saturated heterocycles. The molecule has 0 spiro atoms. The van der Waals surface area contributed by atoms with Gasteiger partial charge in [-0.05, 0) is 19.1 Å². The van der Waals surface area contributed by atoms with E-state index >= 15 is 0 Å². The monoisotopic (exact) mass is 466 g/mol. The van der Waals surface area contributed by atoms with Crippen molar-refractivity contribution in [2.24, 2.45) is 0 Å². The quantitative estimate of drug-likeness (QED) is 0.569. The van der Waals surface area contributed by atoms with Gasteiger partial charge in [0.05, 0.1) is 56.4 Å². The normalized spacial score (nSPS) is 16.4. The molecule has 5 rings (SSSR count). The van der Waals surface area contributed by atoms with Crippen LogP contribution >= 0.6 is 0 Å². The second-order valence-electron chi connectivity index (χ2n) is 8.13. The highest BCUT2D eigenvalue weighted by Gasteiger charge is 2.27. The summed E-state index contributed by atoms with van der Waals surface area (Å²) in [5.74, 6) is 1.27. The van der Waals surface area contributed by atoms with Crippen molar-refractivity contribution in [3.05, 3.63) is 54.5 Å². The molecule has 34 heavy (non-hydrogen) atoms. The van der Waals surface area contributed by atoms with Gasteiger partial charge in [0.25, 0.3) is 5.91 Å². The van der Waals surface area contributed by atoms with Crippen molar-refractivity contribution < 1.29 is 18.2 Å². The lowest BCUT2D eigenvalue weighted by molar-refractivity contribution is -0.450. The van der Waals surface area contributed by atoms with Crippen molar-refractivity contribution in [3.8, 4) is 0 Å². The fraction of sp³-hybridized carbons (Fsp3) is 0.318. The maximum Gasteiger partial charge on any atom is 0.432 e. The molecule has 0 aromatic carbocycles. The smallest absolute Gasteiger partial charge is 0.351 e. The SMILES string of the molecule is CC1=[N+](c2ncc(F)cn2)CCN(c2cnc(NC(=O)c3ccc(N4CC(F)C4)nc3)cn2)C1. The lowest BCUT2D eigenvalue weighted by Gasteiger charge is -2.35. The van der Waals surface area contributed by atoms with Gasteiger partial charge in [-0.15, -0.1) is 0 Å². The summed E-state index contributed by atoms with van der Waals surface area (Å²) < 4.78 is 28.0. The van der Waals surface area contributed by atoms with Crippen LogP contribution in [-0.2, 0) is 0 Å². The molecular weight excluding hydrogens is 444 g/mol. The summed E-state index contributed by atoms with van der Waals surface area (Å²) >= 11 is 0. The molecule has 0 radical (unpaired) electrons. The number of rotatable bonds is 5. The zero-order chi connectivity index (χ0) is 23.7. The Kier molecular flexibility index (Phi) is 5.78. The maximum atomic E-state index is 13.1. The summed E-state index contributed by atoms with van der Waals surface area (Å²) in [6.45, 7) is 4.46. The van der Waals surface area contributed by atoms with E-state index in [1.807, 2.05) is 21.3 Å². The van der Waals surface area contributed by atoms with Gasteiger partial charge >= 0.3 is 5.95 Å². The minimum atomic E-state index is -0.819. The van der Waals surface area contributed by atoms with Gasteiger partial charge < -0.3 is 15.1 Å². The molecule has 0 atom stereocenters. The molecule has 3 aromatic rings. The molecule has 12 heteroatoms. The largest absolute Gasteiger partial charge is 0.432 e. The van der Waals surface area contributed by atoms with E-state index in [1.165, 1.54) is 12.4 Å². The minimum Gasteiger partial charge on any atom is -0.351 e. The van der Waals surface area contributed by atoms with E-state index < -0.39 is 12.0 Å². The van der Waals surface area contributed by atoms with E-state index in [0.29, 0.717) is 61.7 Å². The first-order chi connectivity index (χ1) is 16.5. The number of hydrogen-bond acceptors (Lipinski definition) is 8. The summed E-state index contributed by atoms with van der Waals surface area (Å²) in [5.41, 5.74) is 1.37. The standard InChI is InChI=1S/C22H21F2N9O/c1-14-11-31(4-5-33(14)22-28-7-16(23)8-29-22)20-10-25-18(9-27-20)30-21(34)15-2-3-19(26-6-15)32-12-17(24)13-32/h2-3,6-10,17H,4-5,11-13H2,1H3/p+1. The van der Waals surface area contributed by atoms with Gasteiger partial charge in [0.15, 0.2) is 11.6 Å². The molecule has 0 saturated carbocycles. The maximum absolute atomic E-state index is 13.1. The number of amides is 1. The number of aromatic nitrogens is 5. The Labute approximate surface area is 194 Å². The third kappa shape index (κ3) is 4.51. The molecule has 3 aromatic heterocycles. The van der Waals surface area contributed by atoms with Crippen molar-refractivity contribution in [1.82, 2.24) is 24.9 Å². The topological polar surface area (TPSA) is 103 Å². The second-order valence-corrected chi connectivity index (χ2v) is 8.13. The van der Waals surface area contributed by atoms with Gasteiger partial charge in [-0.3, -0.25) is 4.79 Å². The molecule has 5 heterocycles. The summed E-state index contributed by atoms with van der Waals surface area (Å²) in [7, 11) is 0. The van der Waals surface area contributed by atoms with Crippen LogP contribution in [-0.4, -0.2) is 80.0 Å². The lowest BCUT2D eigenvalue weighted by atomic mass is 10.2. The van der Waals surface area contributed by atoms with Crippen LogP contribution in [0, 0.1) is 5.82 Å². The molecule has 0 bridgehead atoms. The number of alkyl halides is 1. The van der Waals surface area contributed by atoms with Crippen LogP contribution in [0.1, 0.15) is 17.3 Å². The first-order valence-electron chi connectivity index (χ1n) is 10.8. The predicted molar refractivity (Wildman–Crippen MR) is 121 cm³/mol. The van der Waals surface area contributed by atoms with E-state index in [1.54, 1.807) is 18.3 Å². The fourth-order valence-electron chi connectivity index (χ4n) is 3.82. The van der Waals surface area contributed by atoms with Crippen LogP contribution in [0.2, 0.25) is 0 Å². The van der Waals surface area contributed by atoms with Crippen LogP contribution in [0.4, 0.5) is 32.2 Å². The van der Waals surface area contributed by atoms with Crippen LogP contribution in [0.3, 0.4) is 0 Å². The van der Waals surface area contributed by atoms with Crippen LogP contribution in [0.15, 0.2) is 43.1 Å². The predicted octanol–water partition coefficient (Wildman–Crippen LogP) is 1.84. The Hall–Kier alpha value is -4.09. The molecule has 1 N–H and O–H groups in total. The van der Waals surface area contributed by atoms with Crippen LogP contribution in [0.25, 0.3) is 0 Å². The number of carbonyl (C=O) groups is 1. The molecule has 174 valence electrons. The Morgan fingerprint density at radius 1 is 1.00 bits per heavy atom. The molecular formula is C22H22F2N9O+. The molecule has 2 aliphatic heterocycles. The van der Waals surface area contributed by atoms with E-state index in [0.717, 1.165) is 18.1 Å². The molecule has 1 fully saturated rings. The van der Waals surface area contributed by atoms with Gasteiger partial charge in [-0.25, -0.2) is 28.3 Å². The van der Waals surface area contributed by atoms with Crippen molar-refractivity contribution in [3.63, 3.8) is 0 Å². The fourth-order valence-corrected chi connectivity index (χ4v) is 3.82. The number of nitrogens with zero attached hydrogens (tertiary/aromatic N) is 8.